The van der Waals surface area contributed by atoms with E-state index in [2.05, 4.69) is 32.5 Å². The molecule has 1 unspecified atom stereocenters. The van der Waals surface area contributed by atoms with Gasteiger partial charge in [0.1, 0.15) is 30.2 Å². The number of aliphatic imine (C=N–C) groups is 1. The summed E-state index contributed by atoms with van der Waals surface area (Å²) >= 11 is 1.39. The molecular weight excluding hydrogens is 611 g/mol. The summed E-state index contributed by atoms with van der Waals surface area (Å²) in [6.07, 6.45) is 9.04. The van der Waals surface area contributed by atoms with Crippen LogP contribution in [0.25, 0.3) is 0 Å². The molecule has 3 aromatic rings. The minimum atomic E-state index is -0.933. The third-order valence-electron chi connectivity index (χ3n) is 7.92. The highest BCUT2D eigenvalue weighted by molar-refractivity contribution is 7.13. The van der Waals surface area contributed by atoms with Crippen LogP contribution >= 0.6 is 11.3 Å². The molecule has 1 fully saturated rings. The Hall–Kier alpha value is -4.30. The number of amidine groups is 1. The molecule has 11 nitrogen and oxygen atoms in total. The maximum atomic E-state index is 15.3. The van der Waals surface area contributed by atoms with Gasteiger partial charge in [-0.25, -0.2) is 9.37 Å². The minimum Gasteiger partial charge on any atom is -0.487 e. The maximum absolute atomic E-state index is 15.3. The number of rotatable bonds is 12. The molecule has 13 heteroatoms. The smallest absolute Gasteiger partial charge is 0.259 e. The molecule has 1 aromatic heterocycles. The standard InChI is InChI=1S/C33H39FN6O5S/c1-3-33(19-30(41)40-32-37-13-15-46-32)25-18-28(27(16-21(25)10-12-38-33)44-20-23-6-4-5-14-43-23)45-22-7-8-24(26(34)17-22)31(42)39-29(36-2)9-11-35/h3,7-9,11,13,15-18,23,30,38,41H,1,4-6,10,12,14,19-20,35H2,2H3,(H,37,40)(H,36,39,42)/t23?,30-,33-/m1/s1. The highest BCUT2D eigenvalue weighted by atomic mass is 32.1. The van der Waals surface area contributed by atoms with E-state index in [4.69, 9.17) is 19.9 Å². The Balaban J connectivity index is 1.45. The van der Waals surface area contributed by atoms with Crippen molar-refractivity contribution in [3.63, 3.8) is 0 Å². The van der Waals surface area contributed by atoms with Gasteiger partial charge in [0, 0.05) is 44.3 Å². The summed E-state index contributed by atoms with van der Waals surface area (Å²) in [7, 11) is 1.48. The van der Waals surface area contributed by atoms with Crippen molar-refractivity contribution in [2.75, 3.05) is 32.1 Å². The summed E-state index contributed by atoms with van der Waals surface area (Å²) in [6.45, 7) is 5.78. The molecule has 2 aromatic carbocycles. The lowest BCUT2D eigenvalue weighted by Gasteiger charge is -2.40. The number of benzene rings is 2. The molecular formula is C33H39FN6O5S. The first-order chi connectivity index (χ1) is 22.3. The molecule has 6 N–H and O–H groups in total. The number of thiazole rings is 1. The first kappa shape index (κ1) is 33.1. The molecule has 1 saturated heterocycles. The van der Waals surface area contributed by atoms with E-state index in [0.717, 1.165) is 36.5 Å². The van der Waals surface area contributed by atoms with Crippen LogP contribution in [-0.4, -0.2) is 61.0 Å². The van der Waals surface area contributed by atoms with E-state index in [0.29, 0.717) is 42.8 Å². The van der Waals surface area contributed by atoms with Crippen LogP contribution in [0.3, 0.4) is 0 Å². The zero-order chi connectivity index (χ0) is 32.5. The lowest BCUT2D eigenvalue weighted by Crippen LogP contribution is -2.49. The van der Waals surface area contributed by atoms with Crippen molar-refractivity contribution in [2.24, 2.45) is 10.7 Å². The summed E-state index contributed by atoms with van der Waals surface area (Å²) in [5.74, 6) is -0.281. The number of aliphatic hydroxyl groups excluding tert-OH is 1. The highest BCUT2D eigenvalue weighted by Gasteiger charge is 2.37. The van der Waals surface area contributed by atoms with Gasteiger partial charge in [0.05, 0.1) is 17.2 Å². The number of amides is 1. The number of aromatic nitrogens is 1. The molecule has 0 saturated carbocycles. The number of aliphatic hydroxyl groups is 1. The normalized spacial score (nSPS) is 20.5. The van der Waals surface area contributed by atoms with E-state index >= 15 is 4.39 Å². The fourth-order valence-electron chi connectivity index (χ4n) is 5.61. The van der Waals surface area contributed by atoms with Crippen molar-refractivity contribution < 1.29 is 28.5 Å². The number of hydrogen-bond acceptors (Lipinski definition) is 11. The maximum Gasteiger partial charge on any atom is 0.259 e. The van der Waals surface area contributed by atoms with Crippen molar-refractivity contribution in [1.82, 2.24) is 15.6 Å². The van der Waals surface area contributed by atoms with E-state index in [1.165, 1.54) is 42.8 Å². The number of hydrogen-bond donors (Lipinski definition) is 5. The number of carbonyl (C=O) groups excluding carboxylic acids is 1. The quantitative estimate of drug-likeness (QED) is 0.0820. The highest BCUT2D eigenvalue weighted by Crippen LogP contribution is 2.42. The number of fused-ring (bicyclic) bond motifs is 1. The van der Waals surface area contributed by atoms with Crippen LogP contribution in [0, 0.1) is 5.82 Å². The van der Waals surface area contributed by atoms with Gasteiger partial charge >= 0.3 is 0 Å². The molecule has 2 aliphatic heterocycles. The van der Waals surface area contributed by atoms with Gasteiger partial charge in [-0.05, 0) is 73.4 Å². The van der Waals surface area contributed by atoms with E-state index in [1.807, 2.05) is 17.5 Å². The van der Waals surface area contributed by atoms with Gasteiger partial charge in [0.15, 0.2) is 16.6 Å². The molecule has 3 heterocycles. The predicted molar refractivity (Wildman–Crippen MR) is 176 cm³/mol. The van der Waals surface area contributed by atoms with Crippen molar-refractivity contribution in [1.29, 1.82) is 0 Å². The molecule has 46 heavy (non-hydrogen) atoms. The average Bonchev–Trinajstić information content (AvgIpc) is 3.57. The first-order valence-corrected chi connectivity index (χ1v) is 16.0. The Labute approximate surface area is 271 Å². The molecule has 0 bridgehead atoms. The van der Waals surface area contributed by atoms with Crippen molar-refractivity contribution in [2.45, 2.75) is 50.0 Å². The van der Waals surface area contributed by atoms with Crippen LogP contribution in [0.1, 0.15) is 47.2 Å². The molecule has 0 spiro atoms. The molecule has 3 atom stereocenters. The summed E-state index contributed by atoms with van der Waals surface area (Å²) in [4.78, 5) is 20.8. The van der Waals surface area contributed by atoms with E-state index in [-0.39, 0.29) is 29.7 Å². The monoisotopic (exact) mass is 650 g/mol. The van der Waals surface area contributed by atoms with Gasteiger partial charge in [-0.2, -0.15) is 0 Å². The number of nitrogens with one attached hydrogen (secondary N) is 3. The van der Waals surface area contributed by atoms with Crippen LogP contribution in [0.2, 0.25) is 0 Å². The molecule has 244 valence electrons. The summed E-state index contributed by atoms with van der Waals surface area (Å²) in [5.41, 5.74) is 6.24. The van der Waals surface area contributed by atoms with E-state index in [9.17, 15) is 9.90 Å². The van der Waals surface area contributed by atoms with Crippen molar-refractivity contribution >= 4 is 28.2 Å². The van der Waals surface area contributed by atoms with Crippen LogP contribution in [0.4, 0.5) is 9.52 Å². The van der Waals surface area contributed by atoms with Gasteiger partial charge in [-0.1, -0.05) is 6.08 Å². The largest absolute Gasteiger partial charge is 0.487 e. The fourth-order valence-corrected chi connectivity index (χ4v) is 6.19. The molecule has 1 amide bonds. The Kier molecular flexibility index (Phi) is 11.0. The number of ether oxygens (including phenoxy) is 3. The minimum absolute atomic E-state index is 0.0421. The second-order valence-electron chi connectivity index (χ2n) is 11.0. The first-order valence-electron chi connectivity index (χ1n) is 15.1. The van der Waals surface area contributed by atoms with Crippen LogP contribution < -0.4 is 31.2 Å². The van der Waals surface area contributed by atoms with Gasteiger partial charge in [-0.3, -0.25) is 9.79 Å². The number of halogens is 1. The van der Waals surface area contributed by atoms with Crippen molar-refractivity contribution in [3.05, 3.63) is 89.3 Å². The van der Waals surface area contributed by atoms with Crippen molar-refractivity contribution in [3.8, 4) is 17.2 Å². The lowest BCUT2D eigenvalue weighted by atomic mass is 9.79. The number of anilines is 1. The topological polar surface area (TPSA) is 152 Å². The Bertz CT molecular complexity index is 1580. The number of nitrogens with zero attached hydrogens (tertiary/aromatic N) is 2. The fraction of sp³-hybridized carbons (Fsp3) is 0.364. The Morgan fingerprint density at radius 3 is 2.93 bits per heavy atom. The molecule has 5 rings (SSSR count). The zero-order valence-corrected chi connectivity index (χ0v) is 26.4. The van der Waals surface area contributed by atoms with E-state index in [1.54, 1.807) is 12.3 Å². The third kappa shape index (κ3) is 7.91. The SMILES string of the molecule is C=C[C@]1(C[C@@H](O)Nc2nccs2)NCCc2cc(OCC3CCCCO3)c(Oc3ccc(C(=O)NC(C=CN)=NC)c(F)c3)cc21. The van der Waals surface area contributed by atoms with Crippen LogP contribution in [0.15, 0.2) is 71.8 Å². The van der Waals surface area contributed by atoms with Crippen LogP contribution in [-0.2, 0) is 16.7 Å². The van der Waals surface area contributed by atoms with Gasteiger partial charge < -0.3 is 41.0 Å². The molecule has 0 radical (unpaired) electrons. The summed E-state index contributed by atoms with van der Waals surface area (Å²) < 4.78 is 33.7. The second-order valence-corrected chi connectivity index (χ2v) is 11.9. The Morgan fingerprint density at radius 2 is 2.24 bits per heavy atom. The van der Waals surface area contributed by atoms with Gasteiger partial charge in [0.25, 0.3) is 5.91 Å². The zero-order valence-electron chi connectivity index (χ0n) is 25.6. The molecule has 0 aliphatic carbocycles. The summed E-state index contributed by atoms with van der Waals surface area (Å²) in [6, 6.07) is 7.77. The summed E-state index contributed by atoms with van der Waals surface area (Å²) in [5, 5.41) is 22.5. The number of carbonyl (C=O) groups is 1. The molecule has 2 aliphatic rings. The van der Waals surface area contributed by atoms with Gasteiger partial charge in [-0.15, -0.1) is 17.9 Å². The lowest BCUT2D eigenvalue weighted by molar-refractivity contribution is -0.0114. The van der Waals surface area contributed by atoms with Crippen LogP contribution in [0.5, 0.6) is 17.2 Å². The number of nitrogens with two attached hydrogens (primary N) is 1. The van der Waals surface area contributed by atoms with E-state index < -0.39 is 23.5 Å². The Morgan fingerprint density at radius 1 is 1.37 bits per heavy atom. The average molecular weight is 651 g/mol. The van der Waals surface area contributed by atoms with Gasteiger partial charge in [0.2, 0.25) is 0 Å². The third-order valence-corrected chi connectivity index (χ3v) is 8.62. The second kappa shape index (κ2) is 15.3. The predicted octanol–water partition coefficient (Wildman–Crippen LogP) is 4.60.